The molecule has 0 fully saturated rings. The number of hydrogen-bond donors (Lipinski definition) is 0. The van der Waals surface area contributed by atoms with E-state index in [0.29, 0.717) is 12.3 Å². The van der Waals surface area contributed by atoms with Crippen LogP contribution in [0.5, 0.6) is 0 Å². The minimum Gasteiger partial charge on any atom is -1.00 e. The molecular weight excluding hydrogens is 230 g/mol. The van der Waals surface area contributed by atoms with Gasteiger partial charge in [0.25, 0.3) is 0 Å². The fraction of sp³-hybridized carbons (Fsp3) is 0.400. The van der Waals surface area contributed by atoms with Gasteiger partial charge in [-0.15, -0.1) is 0 Å². The zero-order valence-electron chi connectivity index (χ0n) is 7.53. The number of fused-ring (bicyclic) bond motifs is 1. The number of pyridine rings is 1. The first-order valence-corrected chi connectivity index (χ1v) is 4.27. The molecular formula is C10H12BrNO. The summed E-state index contributed by atoms with van der Waals surface area (Å²) in [4.78, 5) is 11.3. The van der Waals surface area contributed by atoms with Gasteiger partial charge in [-0.1, -0.05) is 13.0 Å². The van der Waals surface area contributed by atoms with E-state index in [9.17, 15) is 4.79 Å². The molecule has 0 aliphatic carbocycles. The Morgan fingerprint density at radius 1 is 1.46 bits per heavy atom. The highest BCUT2D eigenvalue weighted by Crippen LogP contribution is 2.10. The number of Topliss-reactive ketones (excluding diaryl/α,β-unsaturated/α-hetero) is 1. The van der Waals surface area contributed by atoms with Crippen molar-refractivity contribution < 1.29 is 26.3 Å². The van der Waals surface area contributed by atoms with E-state index < -0.39 is 0 Å². The van der Waals surface area contributed by atoms with Crippen molar-refractivity contribution in [3.63, 3.8) is 0 Å². The summed E-state index contributed by atoms with van der Waals surface area (Å²) in [7, 11) is 0. The van der Waals surface area contributed by atoms with Gasteiger partial charge in [0.15, 0.2) is 11.9 Å². The minimum atomic E-state index is 0. The van der Waals surface area contributed by atoms with E-state index in [2.05, 4.69) is 6.07 Å². The molecule has 0 spiro atoms. The van der Waals surface area contributed by atoms with Gasteiger partial charge < -0.3 is 17.0 Å². The molecule has 2 heterocycles. The number of nitrogens with zero attached hydrogens (tertiary/aromatic N) is 1. The third kappa shape index (κ3) is 1.97. The van der Waals surface area contributed by atoms with Crippen LogP contribution in [0.1, 0.15) is 12.6 Å². The van der Waals surface area contributed by atoms with Crippen LogP contribution in [-0.2, 0) is 17.8 Å². The quantitative estimate of drug-likeness (QED) is 0.470. The molecule has 0 N–H and O–H groups in total. The van der Waals surface area contributed by atoms with Gasteiger partial charge >= 0.3 is 0 Å². The van der Waals surface area contributed by atoms with Crippen LogP contribution in [0.25, 0.3) is 0 Å². The van der Waals surface area contributed by atoms with Crippen molar-refractivity contribution >= 4 is 5.78 Å². The molecule has 70 valence electrons. The highest BCUT2D eigenvalue weighted by Gasteiger charge is 2.27. The molecule has 13 heavy (non-hydrogen) atoms. The van der Waals surface area contributed by atoms with E-state index in [1.807, 2.05) is 29.8 Å². The fourth-order valence-electron chi connectivity index (χ4n) is 1.60. The third-order valence-corrected chi connectivity index (χ3v) is 2.43. The maximum Gasteiger partial charge on any atom is 0.207 e. The Balaban J connectivity index is 0.000000845. The molecule has 0 saturated heterocycles. The average molecular weight is 242 g/mol. The maximum atomic E-state index is 11.3. The van der Waals surface area contributed by atoms with E-state index >= 15 is 0 Å². The molecule has 1 aliphatic heterocycles. The van der Waals surface area contributed by atoms with Crippen LogP contribution in [0.2, 0.25) is 0 Å². The van der Waals surface area contributed by atoms with Crippen LogP contribution in [0.15, 0.2) is 24.4 Å². The second kappa shape index (κ2) is 4.01. The first kappa shape index (κ1) is 10.4. The minimum absolute atomic E-state index is 0. The summed E-state index contributed by atoms with van der Waals surface area (Å²) in [5, 5.41) is 0. The Morgan fingerprint density at radius 3 is 3.00 bits per heavy atom. The maximum absolute atomic E-state index is 11.3. The molecule has 0 aromatic carbocycles. The van der Waals surface area contributed by atoms with Gasteiger partial charge in [0.1, 0.15) is 0 Å². The lowest BCUT2D eigenvalue weighted by atomic mass is 9.96. The monoisotopic (exact) mass is 241 g/mol. The van der Waals surface area contributed by atoms with Crippen LogP contribution < -0.4 is 21.5 Å². The van der Waals surface area contributed by atoms with E-state index in [4.69, 9.17) is 0 Å². The van der Waals surface area contributed by atoms with Gasteiger partial charge in [-0.25, -0.2) is 0 Å². The van der Waals surface area contributed by atoms with Crippen LogP contribution in [0, 0.1) is 5.92 Å². The highest BCUT2D eigenvalue weighted by molar-refractivity contribution is 5.80. The number of carbonyl (C=O) groups is 1. The first-order chi connectivity index (χ1) is 5.77. The summed E-state index contributed by atoms with van der Waals surface area (Å²) in [5.74, 6) is 0.547. The summed E-state index contributed by atoms with van der Waals surface area (Å²) in [6.45, 7) is 2.55. The average Bonchev–Trinajstić information content (AvgIpc) is 2.07. The van der Waals surface area contributed by atoms with Crippen LogP contribution >= 0.6 is 0 Å². The van der Waals surface area contributed by atoms with Crippen molar-refractivity contribution in [3.05, 3.63) is 30.1 Å². The number of rotatable bonds is 0. The molecule has 2 rings (SSSR count). The normalized spacial score (nSPS) is 20.4. The number of carbonyl (C=O) groups excluding carboxylic acids is 1. The summed E-state index contributed by atoms with van der Waals surface area (Å²) < 4.78 is 2.03. The second-order valence-electron chi connectivity index (χ2n) is 3.39. The Bertz CT molecular complexity index is 324. The number of ketones is 1. The number of aromatic nitrogens is 1. The summed E-state index contributed by atoms with van der Waals surface area (Å²) >= 11 is 0. The lowest BCUT2D eigenvalue weighted by Gasteiger charge is -2.13. The predicted molar refractivity (Wildman–Crippen MR) is 44.5 cm³/mol. The molecule has 1 aromatic rings. The number of hydrogen-bond acceptors (Lipinski definition) is 1. The smallest absolute Gasteiger partial charge is 0.207 e. The zero-order chi connectivity index (χ0) is 8.55. The summed E-state index contributed by atoms with van der Waals surface area (Å²) in [5.41, 5.74) is 1.27. The Labute approximate surface area is 88.4 Å². The van der Waals surface area contributed by atoms with Crippen molar-refractivity contribution in [1.82, 2.24) is 0 Å². The van der Waals surface area contributed by atoms with Crippen molar-refractivity contribution in [2.75, 3.05) is 0 Å². The van der Waals surface area contributed by atoms with Crippen LogP contribution in [0.3, 0.4) is 0 Å². The molecule has 3 heteroatoms. The molecule has 1 aromatic heterocycles. The molecule has 1 unspecified atom stereocenters. The van der Waals surface area contributed by atoms with Gasteiger partial charge in [-0.2, -0.15) is 4.57 Å². The van der Waals surface area contributed by atoms with Crippen LogP contribution in [0.4, 0.5) is 0 Å². The van der Waals surface area contributed by atoms with Gasteiger partial charge in [-0.3, -0.25) is 4.79 Å². The number of halogens is 1. The van der Waals surface area contributed by atoms with Gasteiger partial charge in [-0.05, 0) is 0 Å². The first-order valence-electron chi connectivity index (χ1n) is 4.27. The fourth-order valence-corrected chi connectivity index (χ4v) is 1.60. The van der Waals surface area contributed by atoms with E-state index in [1.165, 1.54) is 5.69 Å². The standard InChI is InChI=1S/C10H12NO.BrH/c1-8-6-9-4-2-3-5-11(9)7-10(8)12;/h2-5,8H,6-7H2,1H3;1H/q+1;/p-1. The summed E-state index contributed by atoms with van der Waals surface area (Å²) in [6.07, 6.45) is 2.86. The Morgan fingerprint density at radius 2 is 2.23 bits per heavy atom. The van der Waals surface area contributed by atoms with Crippen molar-refractivity contribution in [2.24, 2.45) is 5.92 Å². The highest BCUT2D eigenvalue weighted by atomic mass is 79.9. The van der Waals surface area contributed by atoms with E-state index in [-0.39, 0.29) is 22.9 Å². The van der Waals surface area contributed by atoms with Crippen LogP contribution in [-0.4, -0.2) is 5.78 Å². The van der Waals surface area contributed by atoms with E-state index in [0.717, 1.165) is 6.42 Å². The van der Waals surface area contributed by atoms with Gasteiger partial charge in [0, 0.05) is 24.5 Å². The van der Waals surface area contributed by atoms with Crippen molar-refractivity contribution in [1.29, 1.82) is 0 Å². The Kier molecular flexibility index (Phi) is 3.20. The zero-order valence-corrected chi connectivity index (χ0v) is 9.12. The van der Waals surface area contributed by atoms with Gasteiger partial charge in [0.05, 0.1) is 0 Å². The molecule has 0 bridgehead atoms. The van der Waals surface area contributed by atoms with Crippen molar-refractivity contribution in [3.8, 4) is 0 Å². The molecule has 1 aliphatic rings. The van der Waals surface area contributed by atoms with Crippen molar-refractivity contribution in [2.45, 2.75) is 19.9 Å². The summed E-state index contributed by atoms with van der Waals surface area (Å²) in [6, 6.07) is 6.07. The topological polar surface area (TPSA) is 20.9 Å². The molecule has 0 radical (unpaired) electrons. The lowest BCUT2D eigenvalue weighted by molar-refractivity contribution is -0.695. The SMILES string of the molecule is CC1Cc2cccc[n+]2CC1=O.[Br-]. The molecule has 2 nitrogen and oxygen atoms in total. The predicted octanol–water partition coefficient (Wildman–Crippen LogP) is -2.26. The molecule has 1 atom stereocenters. The second-order valence-corrected chi connectivity index (χ2v) is 3.39. The lowest BCUT2D eigenvalue weighted by Crippen LogP contribution is -3.00. The molecule has 0 amide bonds. The third-order valence-electron chi connectivity index (χ3n) is 2.43. The molecule has 0 saturated carbocycles. The van der Waals surface area contributed by atoms with Gasteiger partial charge in [0.2, 0.25) is 12.3 Å². The largest absolute Gasteiger partial charge is 1.00 e. The van der Waals surface area contributed by atoms with E-state index in [1.54, 1.807) is 0 Å². The Hall–Kier alpha value is -0.700.